The van der Waals surface area contributed by atoms with E-state index in [2.05, 4.69) is 18.6 Å². The molecule has 0 aliphatic rings. The Labute approximate surface area is 108 Å². The molecule has 0 radical (unpaired) electrons. The Kier molecular flexibility index (Phi) is 5.49. The molecule has 0 amide bonds. The van der Waals surface area contributed by atoms with Gasteiger partial charge in [-0.15, -0.1) is 0 Å². The second kappa shape index (κ2) is 6.89. The summed E-state index contributed by atoms with van der Waals surface area (Å²) in [6, 6.07) is 4.94. The minimum absolute atomic E-state index is 0.396. The molecule has 1 aromatic carbocycles. The first kappa shape index (κ1) is 14.4. The van der Waals surface area contributed by atoms with Crippen molar-refractivity contribution in [2.24, 2.45) is 5.92 Å². The fourth-order valence-electron chi connectivity index (χ4n) is 1.73. The molecule has 0 aliphatic carbocycles. The van der Waals surface area contributed by atoms with Crippen LogP contribution in [0, 0.1) is 5.92 Å². The largest absolute Gasteiger partial charge is 0.491 e. The third-order valence-electron chi connectivity index (χ3n) is 2.74. The Morgan fingerprint density at radius 1 is 1.44 bits per heavy atom. The van der Waals surface area contributed by atoms with Gasteiger partial charge < -0.3 is 15.2 Å². The first-order valence-electron chi connectivity index (χ1n) is 6.19. The zero-order chi connectivity index (χ0) is 13.5. The summed E-state index contributed by atoms with van der Waals surface area (Å²) < 4.78 is 10.3. The number of hydrogen-bond acceptors (Lipinski definition) is 4. The molecule has 1 atom stereocenters. The average Bonchev–Trinajstić information content (AvgIpc) is 2.36. The van der Waals surface area contributed by atoms with Crippen molar-refractivity contribution in [1.29, 1.82) is 0 Å². The second-order valence-electron chi connectivity index (χ2n) is 4.45. The van der Waals surface area contributed by atoms with Crippen molar-refractivity contribution in [3.63, 3.8) is 0 Å². The minimum atomic E-state index is -0.396. The lowest BCUT2D eigenvalue weighted by atomic mass is 10.1. The molecule has 0 spiro atoms. The monoisotopic (exact) mass is 251 g/mol. The van der Waals surface area contributed by atoms with Crippen LogP contribution >= 0.6 is 0 Å². The molecule has 0 aliphatic heterocycles. The minimum Gasteiger partial charge on any atom is -0.491 e. The Bertz CT molecular complexity index is 404. The molecular formula is C14H21NO3. The summed E-state index contributed by atoms with van der Waals surface area (Å²) in [5.41, 5.74) is 6.74. The van der Waals surface area contributed by atoms with Gasteiger partial charge in [-0.05, 0) is 30.5 Å². The van der Waals surface area contributed by atoms with Crippen molar-refractivity contribution in [2.45, 2.75) is 26.7 Å². The molecule has 0 fully saturated rings. The van der Waals surface area contributed by atoms with Crippen LogP contribution < -0.4 is 10.5 Å². The Morgan fingerprint density at radius 3 is 2.72 bits per heavy atom. The van der Waals surface area contributed by atoms with E-state index >= 15 is 0 Å². The first-order valence-corrected chi connectivity index (χ1v) is 6.19. The van der Waals surface area contributed by atoms with Crippen molar-refractivity contribution in [2.75, 3.05) is 19.5 Å². The highest BCUT2D eigenvalue weighted by Crippen LogP contribution is 2.23. The molecule has 1 rings (SSSR count). The van der Waals surface area contributed by atoms with Gasteiger partial charge in [0.15, 0.2) is 0 Å². The Hall–Kier alpha value is -1.71. The molecule has 0 aromatic heterocycles. The van der Waals surface area contributed by atoms with Crippen LogP contribution in [-0.4, -0.2) is 19.7 Å². The highest BCUT2D eigenvalue weighted by atomic mass is 16.5. The molecule has 0 bridgehead atoms. The average molecular weight is 251 g/mol. The predicted octanol–water partition coefficient (Wildman–Crippen LogP) is 2.87. The summed E-state index contributed by atoms with van der Waals surface area (Å²) >= 11 is 0. The Morgan fingerprint density at radius 2 is 2.17 bits per heavy atom. The van der Waals surface area contributed by atoms with Crippen molar-refractivity contribution in [3.05, 3.63) is 23.8 Å². The number of carbonyl (C=O) groups is 1. The maximum atomic E-state index is 11.3. The molecule has 0 saturated heterocycles. The third-order valence-corrected chi connectivity index (χ3v) is 2.74. The van der Waals surface area contributed by atoms with E-state index in [1.54, 1.807) is 18.2 Å². The van der Waals surface area contributed by atoms with Crippen LogP contribution in [0.4, 0.5) is 5.69 Å². The number of rotatable bonds is 6. The number of nitrogen functional groups attached to an aromatic ring is 1. The van der Waals surface area contributed by atoms with Crippen molar-refractivity contribution < 1.29 is 14.3 Å². The van der Waals surface area contributed by atoms with Crippen LogP contribution in [0.5, 0.6) is 5.75 Å². The molecule has 100 valence electrons. The second-order valence-corrected chi connectivity index (χ2v) is 4.45. The molecule has 0 saturated carbocycles. The van der Waals surface area contributed by atoms with Crippen LogP contribution in [-0.2, 0) is 4.74 Å². The van der Waals surface area contributed by atoms with Crippen LogP contribution in [0.2, 0.25) is 0 Å². The highest BCUT2D eigenvalue weighted by Gasteiger charge is 2.09. The lowest BCUT2D eigenvalue weighted by molar-refractivity contribution is 0.0600. The molecule has 4 nitrogen and oxygen atoms in total. The number of hydrogen-bond donors (Lipinski definition) is 1. The fourth-order valence-corrected chi connectivity index (χ4v) is 1.73. The van der Waals surface area contributed by atoms with Gasteiger partial charge in [-0.25, -0.2) is 4.79 Å². The molecule has 1 unspecified atom stereocenters. The summed E-state index contributed by atoms with van der Waals surface area (Å²) in [6.07, 6.45) is 2.27. The summed E-state index contributed by atoms with van der Waals surface area (Å²) in [5.74, 6) is 0.716. The first-order chi connectivity index (χ1) is 8.58. The van der Waals surface area contributed by atoms with E-state index in [0.717, 1.165) is 12.8 Å². The maximum Gasteiger partial charge on any atom is 0.337 e. The normalized spacial score (nSPS) is 11.9. The molecular weight excluding hydrogens is 230 g/mol. The van der Waals surface area contributed by atoms with Gasteiger partial charge in [0, 0.05) is 0 Å². The van der Waals surface area contributed by atoms with E-state index in [4.69, 9.17) is 10.5 Å². The van der Waals surface area contributed by atoms with Crippen molar-refractivity contribution in [1.82, 2.24) is 0 Å². The SMILES string of the molecule is CCCC(C)COc1ccc(C(=O)OC)cc1N. The highest BCUT2D eigenvalue weighted by molar-refractivity contribution is 5.90. The summed E-state index contributed by atoms with van der Waals surface area (Å²) in [7, 11) is 1.34. The van der Waals surface area contributed by atoms with E-state index < -0.39 is 5.97 Å². The van der Waals surface area contributed by atoms with Gasteiger partial charge >= 0.3 is 5.97 Å². The summed E-state index contributed by atoms with van der Waals surface area (Å²) in [5, 5.41) is 0. The number of esters is 1. The summed E-state index contributed by atoms with van der Waals surface area (Å²) in [6.45, 7) is 4.92. The van der Waals surface area contributed by atoms with E-state index in [-0.39, 0.29) is 0 Å². The third kappa shape index (κ3) is 3.95. The number of methoxy groups -OCH3 is 1. The number of nitrogens with two attached hydrogens (primary N) is 1. The molecule has 1 aromatic rings. The van der Waals surface area contributed by atoms with E-state index in [1.807, 2.05) is 0 Å². The predicted molar refractivity (Wildman–Crippen MR) is 71.8 cm³/mol. The van der Waals surface area contributed by atoms with Gasteiger partial charge in [-0.3, -0.25) is 0 Å². The van der Waals surface area contributed by atoms with Crippen molar-refractivity contribution >= 4 is 11.7 Å². The number of benzene rings is 1. The van der Waals surface area contributed by atoms with Crippen LogP contribution in [0.1, 0.15) is 37.0 Å². The van der Waals surface area contributed by atoms with Crippen LogP contribution in [0.15, 0.2) is 18.2 Å². The number of ether oxygens (including phenoxy) is 2. The molecule has 18 heavy (non-hydrogen) atoms. The zero-order valence-corrected chi connectivity index (χ0v) is 11.2. The van der Waals surface area contributed by atoms with Crippen molar-refractivity contribution in [3.8, 4) is 5.75 Å². The molecule has 2 N–H and O–H groups in total. The zero-order valence-electron chi connectivity index (χ0n) is 11.2. The maximum absolute atomic E-state index is 11.3. The van der Waals surface area contributed by atoms with Gasteiger partial charge in [0.05, 0.1) is 25.0 Å². The fraction of sp³-hybridized carbons (Fsp3) is 0.500. The smallest absolute Gasteiger partial charge is 0.337 e. The van der Waals surface area contributed by atoms with E-state index in [1.165, 1.54) is 7.11 Å². The van der Waals surface area contributed by atoms with Gasteiger partial charge in [-0.2, -0.15) is 0 Å². The lowest BCUT2D eigenvalue weighted by Gasteiger charge is -2.14. The quantitative estimate of drug-likeness (QED) is 0.623. The lowest BCUT2D eigenvalue weighted by Crippen LogP contribution is -2.10. The standard InChI is InChI=1S/C14H21NO3/c1-4-5-10(2)9-18-13-7-6-11(8-12(13)15)14(16)17-3/h6-8,10H,4-5,9,15H2,1-3H3. The van der Waals surface area contributed by atoms with Gasteiger partial charge in [0.1, 0.15) is 5.75 Å². The van der Waals surface area contributed by atoms with Gasteiger partial charge in [0.2, 0.25) is 0 Å². The van der Waals surface area contributed by atoms with Gasteiger partial charge in [0.25, 0.3) is 0 Å². The van der Waals surface area contributed by atoms with E-state index in [0.29, 0.717) is 29.5 Å². The molecule has 4 heteroatoms. The Balaban J connectivity index is 2.65. The van der Waals surface area contributed by atoms with Crippen LogP contribution in [0.3, 0.4) is 0 Å². The molecule has 0 heterocycles. The number of anilines is 1. The van der Waals surface area contributed by atoms with Gasteiger partial charge in [-0.1, -0.05) is 20.3 Å². The van der Waals surface area contributed by atoms with E-state index in [9.17, 15) is 4.79 Å². The number of carbonyl (C=O) groups excluding carboxylic acids is 1. The topological polar surface area (TPSA) is 61.5 Å². The van der Waals surface area contributed by atoms with Crippen LogP contribution in [0.25, 0.3) is 0 Å². The summed E-state index contributed by atoms with van der Waals surface area (Å²) in [4.78, 5) is 11.3.